The van der Waals surface area contributed by atoms with Crippen LogP contribution in [0.3, 0.4) is 0 Å². The number of aromatic nitrogens is 1. The van der Waals surface area contributed by atoms with E-state index in [2.05, 4.69) is 22.9 Å². The molecule has 0 aliphatic carbocycles. The quantitative estimate of drug-likeness (QED) is 0.796. The number of hydrogen-bond donors (Lipinski definition) is 0. The highest BCUT2D eigenvalue weighted by Gasteiger charge is 2.42. The second-order valence-corrected chi connectivity index (χ2v) is 6.60. The third kappa shape index (κ3) is 2.79. The molecular weight excluding hydrogens is 302 g/mol. The van der Waals surface area contributed by atoms with Gasteiger partial charge in [-0.2, -0.15) is 5.26 Å². The highest BCUT2D eigenvalue weighted by Crippen LogP contribution is 2.34. The molecule has 1 aromatic rings. The molecule has 22 heavy (non-hydrogen) atoms. The molecule has 0 amide bonds. The fourth-order valence-corrected chi connectivity index (χ4v) is 3.51. The molecule has 3 heterocycles. The molecule has 2 fully saturated rings. The van der Waals surface area contributed by atoms with Crippen molar-refractivity contribution in [1.82, 2.24) is 4.98 Å². The Morgan fingerprint density at radius 2 is 2.36 bits per heavy atom. The van der Waals surface area contributed by atoms with Crippen LogP contribution in [0.25, 0.3) is 0 Å². The number of hydrogen-bond acceptors (Lipinski definition) is 5. The second-order valence-electron chi connectivity index (χ2n) is 6.19. The summed E-state index contributed by atoms with van der Waals surface area (Å²) in [5, 5.41) is 10.0. The summed E-state index contributed by atoms with van der Waals surface area (Å²) >= 11 is 6.10. The first-order valence-corrected chi connectivity index (χ1v) is 7.98. The van der Waals surface area contributed by atoms with Crippen molar-refractivity contribution < 1.29 is 9.47 Å². The van der Waals surface area contributed by atoms with Gasteiger partial charge in [-0.25, -0.2) is 4.98 Å². The minimum absolute atomic E-state index is 0.0692. The lowest BCUT2D eigenvalue weighted by molar-refractivity contribution is -0.160. The smallest absolute Gasteiger partial charge is 0.147 e. The van der Waals surface area contributed by atoms with Gasteiger partial charge in [0.1, 0.15) is 17.5 Å². The van der Waals surface area contributed by atoms with Gasteiger partial charge in [0.05, 0.1) is 29.8 Å². The minimum atomic E-state index is -0.294. The van der Waals surface area contributed by atoms with Gasteiger partial charge in [0.25, 0.3) is 0 Å². The number of anilines is 1. The van der Waals surface area contributed by atoms with Crippen LogP contribution in [0, 0.1) is 18.3 Å². The van der Waals surface area contributed by atoms with Crippen LogP contribution < -0.4 is 4.90 Å². The van der Waals surface area contributed by atoms with Crippen molar-refractivity contribution in [3.63, 3.8) is 0 Å². The number of pyridine rings is 1. The molecule has 1 aromatic heterocycles. The molecule has 118 valence electrons. The maximum absolute atomic E-state index is 9.49. The van der Waals surface area contributed by atoms with Crippen molar-refractivity contribution >= 4 is 17.4 Å². The van der Waals surface area contributed by atoms with Crippen molar-refractivity contribution in [2.45, 2.75) is 38.4 Å². The number of morpholine rings is 1. The first-order chi connectivity index (χ1) is 10.5. The molecule has 0 radical (unpaired) electrons. The van der Waals surface area contributed by atoms with Crippen LogP contribution in [-0.4, -0.2) is 43.0 Å². The zero-order valence-corrected chi connectivity index (χ0v) is 13.7. The summed E-state index contributed by atoms with van der Waals surface area (Å²) in [7, 11) is 0. The van der Waals surface area contributed by atoms with Crippen molar-refractivity contribution in [2.75, 3.05) is 31.2 Å². The molecule has 2 aliphatic rings. The van der Waals surface area contributed by atoms with E-state index < -0.39 is 0 Å². The Bertz CT molecular complexity index is 608. The molecule has 2 aliphatic heterocycles. The molecular formula is C16H20ClN3O2. The van der Waals surface area contributed by atoms with E-state index >= 15 is 0 Å². The number of nitriles is 1. The van der Waals surface area contributed by atoms with E-state index in [9.17, 15) is 5.26 Å². The number of ether oxygens (including phenoxy) is 2. The van der Waals surface area contributed by atoms with Crippen LogP contribution in [0.2, 0.25) is 5.02 Å². The van der Waals surface area contributed by atoms with Crippen molar-refractivity contribution in [2.24, 2.45) is 0 Å². The average Bonchev–Trinajstić information content (AvgIpc) is 2.49. The van der Waals surface area contributed by atoms with Gasteiger partial charge in [-0.15, -0.1) is 0 Å². The first-order valence-electron chi connectivity index (χ1n) is 7.60. The molecule has 0 aromatic carbocycles. The van der Waals surface area contributed by atoms with Gasteiger partial charge in [-0.1, -0.05) is 11.6 Å². The molecule has 0 N–H and O–H groups in total. The average molecular weight is 322 g/mol. The van der Waals surface area contributed by atoms with Gasteiger partial charge < -0.3 is 14.4 Å². The Labute approximate surface area is 135 Å². The normalized spacial score (nSPS) is 28.6. The Morgan fingerprint density at radius 1 is 1.55 bits per heavy atom. The predicted molar refractivity (Wildman–Crippen MR) is 84.2 cm³/mol. The Balaban J connectivity index is 1.94. The first kappa shape index (κ1) is 15.5. The van der Waals surface area contributed by atoms with Crippen molar-refractivity contribution in [3.8, 4) is 6.07 Å². The molecule has 3 rings (SSSR count). The van der Waals surface area contributed by atoms with Crippen molar-refractivity contribution in [1.29, 1.82) is 5.26 Å². The fraction of sp³-hybridized carbons (Fsp3) is 0.625. The molecule has 5 nitrogen and oxygen atoms in total. The Hall–Kier alpha value is -1.35. The van der Waals surface area contributed by atoms with Crippen LogP contribution in [-0.2, 0) is 9.47 Å². The van der Waals surface area contributed by atoms with Gasteiger partial charge in [0.15, 0.2) is 0 Å². The summed E-state index contributed by atoms with van der Waals surface area (Å²) in [5.74, 6) is 0.699. The van der Waals surface area contributed by atoms with Gasteiger partial charge in [0.2, 0.25) is 0 Å². The van der Waals surface area contributed by atoms with Crippen LogP contribution in [0.15, 0.2) is 6.20 Å². The number of nitrogens with zero attached hydrogens (tertiary/aromatic N) is 3. The molecule has 0 bridgehead atoms. The Morgan fingerprint density at radius 3 is 3.05 bits per heavy atom. The third-order valence-corrected chi connectivity index (χ3v) is 4.74. The summed E-state index contributed by atoms with van der Waals surface area (Å²) in [6, 6.07) is 2.25. The summed E-state index contributed by atoms with van der Waals surface area (Å²) in [6.45, 7) is 6.71. The van der Waals surface area contributed by atoms with Crippen molar-refractivity contribution in [3.05, 3.63) is 22.3 Å². The molecule has 0 unspecified atom stereocenters. The van der Waals surface area contributed by atoms with E-state index in [4.69, 9.17) is 21.1 Å². The molecule has 6 heteroatoms. The molecule has 0 saturated carbocycles. The van der Waals surface area contributed by atoms with Gasteiger partial charge in [-0.3, -0.25) is 0 Å². The van der Waals surface area contributed by atoms with E-state index in [1.807, 2.05) is 6.92 Å². The summed E-state index contributed by atoms with van der Waals surface area (Å²) < 4.78 is 11.8. The zero-order valence-electron chi connectivity index (χ0n) is 12.9. The van der Waals surface area contributed by atoms with E-state index in [0.717, 1.165) is 25.0 Å². The highest BCUT2D eigenvalue weighted by molar-refractivity contribution is 6.31. The lowest BCUT2D eigenvalue weighted by Crippen LogP contribution is -2.59. The van der Waals surface area contributed by atoms with Gasteiger partial charge in [-0.05, 0) is 32.3 Å². The van der Waals surface area contributed by atoms with Crippen LogP contribution in [0.4, 0.5) is 5.82 Å². The van der Waals surface area contributed by atoms with Crippen LogP contribution in [0.5, 0.6) is 0 Å². The summed E-state index contributed by atoms with van der Waals surface area (Å²) in [5.41, 5.74) is 1.04. The minimum Gasteiger partial charge on any atom is -0.378 e. The fourth-order valence-electron chi connectivity index (χ4n) is 3.37. The molecule has 2 atom stereocenters. The highest BCUT2D eigenvalue weighted by atomic mass is 35.5. The van der Waals surface area contributed by atoms with Crippen LogP contribution >= 0.6 is 11.6 Å². The largest absolute Gasteiger partial charge is 0.378 e. The maximum atomic E-state index is 9.49. The zero-order chi connectivity index (χ0) is 15.7. The lowest BCUT2D eigenvalue weighted by Gasteiger charge is -2.47. The standard InChI is InChI=1S/C16H20ClN3O2/c1-11-8-20(9-16(22-11)4-3-5-21-10-16)15-13(6-18)12(2)14(17)7-19-15/h7,11H,3-5,8-10H2,1-2H3/t11-,16-/m0/s1. The number of rotatable bonds is 1. The van der Waals surface area contributed by atoms with Gasteiger partial charge in [0, 0.05) is 19.3 Å². The molecule has 1 spiro atoms. The third-order valence-electron chi connectivity index (χ3n) is 4.36. The van der Waals surface area contributed by atoms with Gasteiger partial charge >= 0.3 is 0 Å². The van der Waals surface area contributed by atoms with E-state index in [1.165, 1.54) is 0 Å². The topological polar surface area (TPSA) is 58.4 Å². The SMILES string of the molecule is Cc1c(Cl)cnc(N2C[C@H](C)O[C@@]3(CCCOC3)C2)c1C#N. The number of halogens is 1. The predicted octanol–water partition coefficient (Wildman–Crippen LogP) is 2.69. The second kappa shape index (κ2) is 6.04. The summed E-state index contributed by atoms with van der Waals surface area (Å²) in [4.78, 5) is 6.56. The summed E-state index contributed by atoms with van der Waals surface area (Å²) in [6.07, 6.45) is 3.66. The van der Waals surface area contributed by atoms with E-state index in [1.54, 1.807) is 6.20 Å². The maximum Gasteiger partial charge on any atom is 0.147 e. The monoisotopic (exact) mass is 321 g/mol. The lowest BCUT2D eigenvalue weighted by atomic mass is 9.93. The Kier molecular flexibility index (Phi) is 4.26. The van der Waals surface area contributed by atoms with Crippen LogP contribution in [0.1, 0.15) is 30.9 Å². The molecule has 2 saturated heterocycles. The van der Waals surface area contributed by atoms with E-state index in [-0.39, 0.29) is 11.7 Å². The van der Waals surface area contributed by atoms with E-state index in [0.29, 0.717) is 36.1 Å².